The molecule has 1 saturated heterocycles. The zero-order valence-electron chi connectivity index (χ0n) is 17.2. The zero-order chi connectivity index (χ0) is 21.0. The van der Waals surface area contributed by atoms with Crippen LogP contribution in [0.15, 0.2) is 60.7 Å². The fraction of sp³-hybridized carbons (Fsp3) is 0.417. The summed E-state index contributed by atoms with van der Waals surface area (Å²) in [5, 5.41) is 0.239. The van der Waals surface area contributed by atoms with Gasteiger partial charge in [0.15, 0.2) is 13.7 Å². The topological polar surface area (TPSA) is 63.7 Å². The Bertz CT molecular complexity index is 889. The van der Waals surface area contributed by atoms with Crippen LogP contribution >= 0.6 is 7.14 Å². The van der Waals surface area contributed by atoms with E-state index in [1.54, 1.807) is 4.90 Å². The molecule has 0 unspecified atom stereocenters. The molecule has 5 nitrogen and oxygen atoms in total. The molecule has 2 aromatic carbocycles. The van der Waals surface area contributed by atoms with Crippen LogP contribution in [0.3, 0.4) is 0 Å². The first-order valence-electron chi connectivity index (χ1n) is 10.7. The predicted molar refractivity (Wildman–Crippen MR) is 118 cm³/mol. The van der Waals surface area contributed by atoms with Crippen LogP contribution in [0.25, 0.3) is 0 Å². The van der Waals surface area contributed by atoms with Gasteiger partial charge >= 0.3 is 5.97 Å². The SMILES string of the molecule is O=C(COC(=O)C1(P(=O)(c2ccccc2)c2ccccc2)CC1)N1CCCCCC1. The molecule has 158 valence electrons. The van der Waals surface area contributed by atoms with Crippen LogP contribution in [0.4, 0.5) is 0 Å². The molecule has 2 aliphatic rings. The van der Waals surface area contributed by atoms with Crippen molar-refractivity contribution in [2.24, 2.45) is 0 Å². The van der Waals surface area contributed by atoms with Gasteiger partial charge in [0.1, 0.15) is 5.16 Å². The molecular weight excluding hydrogens is 397 g/mol. The molecule has 1 amide bonds. The van der Waals surface area contributed by atoms with Crippen molar-refractivity contribution in [3.63, 3.8) is 0 Å². The molecule has 1 aliphatic heterocycles. The predicted octanol–water partition coefficient (Wildman–Crippen LogP) is 3.48. The van der Waals surface area contributed by atoms with Crippen molar-refractivity contribution in [2.75, 3.05) is 19.7 Å². The third-order valence-corrected chi connectivity index (χ3v) is 10.1. The summed E-state index contributed by atoms with van der Waals surface area (Å²) in [6, 6.07) is 18.4. The van der Waals surface area contributed by atoms with Crippen LogP contribution in [0.1, 0.15) is 38.5 Å². The van der Waals surface area contributed by atoms with Crippen molar-refractivity contribution >= 4 is 29.6 Å². The second-order valence-electron chi connectivity index (χ2n) is 8.18. The maximum atomic E-state index is 14.5. The maximum Gasteiger partial charge on any atom is 0.320 e. The van der Waals surface area contributed by atoms with E-state index < -0.39 is 18.3 Å². The number of benzene rings is 2. The Hall–Kier alpha value is -2.39. The van der Waals surface area contributed by atoms with E-state index in [1.165, 1.54) is 0 Å². The number of carbonyl (C=O) groups is 2. The summed E-state index contributed by atoms with van der Waals surface area (Å²) >= 11 is 0. The van der Waals surface area contributed by atoms with Gasteiger partial charge in [0.2, 0.25) is 0 Å². The van der Waals surface area contributed by atoms with E-state index >= 15 is 0 Å². The molecule has 1 aliphatic carbocycles. The lowest BCUT2D eigenvalue weighted by Crippen LogP contribution is -2.39. The minimum absolute atomic E-state index is 0.157. The van der Waals surface area contributed by atoms with Gasteiger partial charge in [-0.25, -0.2) is 0 Å². The Kier molecular flexibility index (Phi) is 6.10. The van der Waals surface area contributed by atoms with E-state index in [-0.39, 0.29) is 12.5 Å². The standard InChI is InChI=1S/C24H28NO4P/c26-22(25-17-9-1-2-10-18-25)19-29-23(27)24(15-16-24)30(28,20-11-5-3-6-12-20)21-13-7-4-8-14-21/h3-8,11-14H,1-2,9-10,15-19H2. The molecule has 1 heterocycles. The Labute approximate surface area is 177 Å². The second-order valence-corrected chi connectivity index (χ2v) is 11.3. The van der Waals surface area contributed by atoms with Crippen LogP contribution in [0, 0.1) is 0 Å². The quantitative estimate of drug-likeness (QED) is 0.525. The number of rotatable bonds is 6. The van der Waals surface area contributed by atoms with Crippen LogP contribution in [0.2, 0.25) is 0 Å². The van der Waals surface area contributed by atoms with Crippen LogP contribution in [-0.4, -0.2) is 41.6 Å². The molecule has 1 saturated carbocycles. The highest BCUT2D eigenvalue weighted by Gasteiger charge is 2.65. The maximum absolute atomic E-state index is 14.5. The van der Waals surface area contributed by atoms with E-state index in [4.69, 9.17) is 4.74 Å². The molecule has 4 rings (SSSR count). The highest BCUT2D eigenvalue weighted by atomic mass is 31.2. The number of carbonyl (C=O) groups excluding carboxylic acids is 2. The molecule has 6 heteroatoms. The molecule has 0 spiro atoms. The normalized spacial score (nSPS) is 18.3. The Morgan fingerprint density at radius 1 is 0.833 bits per heavy atom. The van der Waals surface area contributed by atoms with Crippen molar-refractivity contribution in [1.29, 1.82) is 0 Å². The lowest BCUT2D eigenvalue weighted by molar-refractivity contribution is -0.152. The van der Waals surface area contributed by atoms with Crippen molar-refractivity contribution in [3.05, 3.63) is 60.7 Å². The van der Waals surface area contributed by atoms with Gasteiger partial charge in [-0.05, 0) is 25.7 Å². The number of hydrogen-bond donors (Lipinski definition) is 0. The molecule has 0 bridgehead atoms. The van der Waals surface area contributed by atoms with Crippen molar-refractivity contribution in [3.8, 4) is 0 Å². The average molecular weight is 425 g/mol. The first-order valence-corrected chi connectivity index (χ1v) is 12.4. The van der Waals surface area contributed by atoms with Gasteiger partial charge in [0.25, 0.3) is 5.91 Å². The number of ether oxygens (including phenoxy) is 1. The summed E-state index contributed by atoms with van der Waals surface area (Å²) in [5.74, 6) is -0.669. The summed E-state index contributed by atoms with van der Waals surface area (Å²) < 4.78 is 20.0. The molecule has 2 fully saturated rings. The fourth-order valence-corrected chi connectivity index (χ4v) is 7.89. The van der Waals surface area contributed by atoms with E-state index in [1.807, 2.05) is 60.7 Å². The first-order chi connectivity index (χ1) is 14.6. The number of hydrogen-bond acceptors (Lipinski definition) is 4. The van der Waals surface area contributed by atoms with Gasteiger partial charge in [-0.15, -0.1) is 0 Å². The third kappa shape index (κ3) is 3.83. The third-order valence-electron chi connectivity index (χ3n) is 6.23. The highest BCUT2D eigenvalue weighted by molar-refractivity contribution is 7.81. The van der Waals surface area contributed by atoms with Crippen LogP contribution < -0.4 is 10.6 Å². The molecule has 0 atom stereocenters. The van der Waals surface area contributed by atoms with E-state index in [9.17, 15) is 14.2 Å². The second kappa shape index (κ2) is 8.77. The van der Waals surface area contributed by atoms with Gasteiger partial charge in [0, 0.05) is 23.7 Å². The summed E-state index contributed by atoms with van der Waals surface area (Å²) in [6.07, 6.45) is 5.24. The number of amides is 1. The van der Waals surface area contributed by atoms with Gasteiger partial charge in [-0.3, -0.25) is 9.59 Å². The van der Waals surface area contributed by atoms with Gasteiger partial charge in [0.05, 0.1) is 0 Å². The zero-order valence-corrected chi connectivity index (χ0v) is 18.1. The molecule has 0 radical (unpaired) electrons. The Morgan fingerprint density at radius 3 is 1.80 bits per heavy atom. The fourth-order valence-electron chi connectivity index (χ4n) is 4.36. The molecule has 30 heavy (non-hydrogen) atoms. The number of nitrogens with zero attached hydrogens (tertiary/aromatic N) is 1. The monoisotopic (exact) mass is 425 g/mol. The minimum Gasteiger partial charge on any atom is -0.455 e. The molecular formula is C24H28NO4P. The lowest BCUT2D eigenvalue weighted by atomic mass is 10.2. The number of esters is 1. The summed E-state index contributed by atoms with van der Waals surface area (Å²) in [6.45, 7) is 1.16. The van der Waals surface area contributed by atoms with Crippen molar-refractivity contribution in [1.82, 2.24) is 4.90 Å². The minimum atomic E-state index is -3.27. The van der Waals surface area contributed by atoms with Gasteiger partial charge in [-0.2, -0.15) is 0 Å². The Morgan fingerprint density at radius 2 is 1.33 bits per heavy atom. The highest BCUT2D eigenvalue weighted by Crippen LogP contribution is 2.68. The molecule has 0 aromatic heterocycles. The van der Waals surface area contributed by atoms with Gasteiger partial charge in [-0.1, -0.05) is 73.5 Å². The van der Waals surface area contributed by atoms with E-state index in [2.05, 4.69) is 0 Å². The van der Waals surface area contributed by atoms with Crippen molar-refractivity contribution < 1.29 is 18.9 Å². The Balaban J connectivity index is 1.56. The first kappa shape index (κ1) is 20.9. The molecule has 0 N–H and O–H groups in total. The average Bonchev–Trinajstić information content (AvgIpc) is 3.63. The van der Waals surface area contributed by atoms with E-state index in [0.717, 1.165) is 25.7 Å². The smallest absolute Gasteiger partial charge is 0.320 e. The number of likely N-dealkylation sites (tertiary alicyclic amines) is 1. The van der Waals surface area contributed by atoms with E-state index in [0.29, 0.717) is 36.5 Å². The summed E-state index contributed by atoms with van der Waals surface area (Å²) in [4.78, 5) is 27.6. The largest absolute Gasteiger partial charge is 0.455 e. The van der Waals surface area contributed by atoms with Crippen LogP contribution in [0.5, 0.6) is 0 Å². The lowest BCUT2D eigenvalue weighted by Gasteiger charge is -2.27. The van der Waals surface area contributed by atoms with Gasteiger partial charge < -0.3 is 14.2 Å². The summed E-state index contributed by atoms with van der Waals surface area (Å²) in [5.41, 5.74) is 0. The molecule has 2 aromatic rings. The summed E-state index contributed by atoms with van der Waals surface area (Å²) in [7, 11) is -3.27. The van der Waals surface area contributed by atoms with Crippen LogP contribution in [-0.2, 0) is 18.9 Å². The van der Waals surface area contributed by atoms with Crippen molar-refractivity contribution in [2.45, 2.75) is 43.7 Å².